The molecule has 0 aliphatic carbocycles. The summed E-state index contributed by atoms with van der Waals surface area (Å²) < 4.78 is 11.5. The molecule has 0 bridgehead atoms. The van der Waals surface area contributed by atoms with Gasteiger partial charge in [-0.3, -0.25) is 4.79 Å². The van der Waals surface area contributed by atoms with Crippen molar-refractivity contribution < 1.29 is 13.6 Å². The number of fused-ring (bicyclic) bond motifs is 1. The Kier molecular flexibility index (Phi) is 4.16. The van der Waals surface area contributed by atoms with Gasteiger partial charge in [0.15, 0.2) is 14.8 Å². The molecule has 3 nitrogen and oxygen atoms in total. The fourth-order valence-corrected chi connectivity index (χ4v) is 2.85. The first-order valence-corrected chi connectivity index (χ1v) is 9.12. The molecule has 0 radical (unpaired) electrons. The highest BCUT2D eigenvalue weighted by atomic mass is 28.3. The first kappa shape index (κ1) is 15.0. The number of ketones is 1. The van der Waals surface area contributed by atoms with Crippen LogP contribution in [0.15, 0.2) is 28.9 Å². The van der Waals surface area contributed by atoms with Crippen molar-refractivity contribution in [3.8, 4) is 0 Å². The summed E-state index contributed by atoms with van der Waals surface area (Å²) in [5.74, 6) is 0.0292. The predicted molar refractivity (Wildman–Crippen MR) is 83.7 cm³/mol. The second kappa shape index (κ2) is 5.54. The maximum atomic E-state index is 11.5. The number of rotatable bonds is 4. The third kappa shape index (κ3) is 3.19. The predicted octanol–water partition coefficient (Wildman–Crippen LogP) is 4.31. The summed E-state index contributed by atoms with van der Waals surface area (Å²) in [4.78, 5) is 11.5. The number of carbonyl (C=O) groups is 1. The fraction of sp³-hybridized carbons (Fsp3) is 0.438. The largest absolute Gasteiger partial charge is 0.464 e. The summed E-state index contributed by atoms with van der Waals surface area (Å²) in [6, 6.07) is 5.91. The van der Waals surface area contributed by atoms with Gasteiger partial charge in [0, 0.05) is 5.39 Å². The van der Waals surface area contributed by atoms with Gasteiger partial charge >= 0.3 is 0 Å². The second-order valence-electron chi connectivity index (χ2n) is 6.36. The van der Waals surface area contributed by atoms with E-state index in [0.29, 0.717) is 12.2 Å². The molecule has 0 saturated heterocycles. The van der Waals surface area contributed by atoms with Crippen LogP contribution in [0.4, 0.5) is 0 Å². The molecule has 4 heteroatoms. The maximum Gasteiger partial charge on any atom is 0.179 e. The minimum absolute atomic E-state index is 0.0292. The van der Waals surface area contributed by atoms with Gasteiger partial charge in [0.05, 0.1) is 12.2 Å². The zero-order chi connectivity index (χ0) is 14.9. The van der Waals surface area contributed by atoms with E-state index in [1.165, 1.54) is 6.26 Å². The topological polar surface area (TPSA) is 39.4 Å². The molecule has 0 spiro atoms. The Balaban J connectivity index is 2.15. The van der Waals surface area contributed by atoms with Crippen molar-refractivity contribution in [2.24, 2.45) is 0 Å². The Morgan fingerprint density at radius 1 is 1.35 bits per heavy atom. The average molecular weight is 290 g/mol. The number of furan rings is 1. The lowest BCUT2D eigenvalue weighted by atomic mass is 10.1. The summed E-state index contributed by atoms with van der Waals surface area (Å²) in [5.41, 5.74) is 2.48. The van der Waals surface area contributed by atoms with E-state index >= 15 is 0 Å². The van der Waals surface area contributed by atoms with Gasteiger partial charge in [-0.05, 0) is 30.1 Å². The second-order valence-corrected chi connectivity index (χ2v) is 9.71. The summed E-state index contributed by atoms with van der Waals surface area (Å²) in [6.07, 6.45) is 1.53. The van der Waals surface area contributed by atoms with Gasteiger partial charge in [-0.15, -0.1) is 0 Å². The van der Waals surface area contributed by atoms with Gasteiger partial charge < -0.3 is 8.84 Å². The van der Waals surface area contributed by atoms with Gasteiger partial charge in [-0.2, -0.15) is 0 Å². The van der Waals surface area contributed by atoms with Crippen molar-refractivity contribution in [3.63, 3.8) is 0 Å². The van der Waals surface area contributed by atoms with Crippen LogP contribution in [0.25, 0.3) is 11.0 Å². The Morgan fingerprint density at radius 2 is 2.05 bits per heavy atom. The van der Waals surface area contributed by atoms with E-state index < -0.39 is 9.04 Å². The molecular weight excluding hydrogens is 268 g/mol. The molecular formula is C16H22O3Si. The highest BCUT2D eigenvalue weighted by Crippen LogP contribution is 2.28. The summed E-state index contributed by atoms with van der Waals surface area (Å²) >= 11 is 0. The lowest BCUT2D eigenvalue weighted by molar-refractivity contribution is 0.101. The highest BCUT2D eigenvalue weighted by Gasteiger charge is 2.23. The molecule has 0 fully saturated rings. The quantitative estimate of drug-likeness (QED) is 0.622. The van der Waals surface area contributed by atoms with Gasteiger partial charge in [0.2, 0.25) is 0 Å². The molecule has 0 amide bonds. The van der Waals surface area contributed by atoms with Crippen molar-refractivity contribution in [2.75, 3.05) is 0 Å². The van der Waals surface area contributed by atoms with E-state index in [1.807, 2.05) is 18.2 Å². The maximum absolute atomic E-state index is 11.5. The van der Waals surface area contributed by atoms with E-state index in [4.69, 9.17) is 8.84 Å². The lowest BCUT2D eigenvalue weighted by Crippen LogP contribution is -2.25. The summed E-state index contributed by atoms with van der Waals surface area (Å²) in [5, 5.41) is 1.14. The molecule has 108 valence electrons. The van der Waals surface area contributed by atoms with E-state index in [0.717, 1.165) is 16.5 Å². The van der Waals surface area contributed by atoms with Crippen LogP contribution in [0, 0.1) is 0 Å². The van der Waals surface area contributed by atoms with Gasteiger partial charge in [-0.25, -0.2) is 0 Å². The molecule has 1 aromatic carbocycles. The number of Topliss-reactive ketones (excluding diaryl/α,β-unsaturated/α-hetero) is 1. The molecule has 1 unspecified atom stereocenters. The van der Waals surface area contributed by atoms with Gasteiger partial charge in [0.25, 0.3) is 0 Å². The van der Waals surface area contributed by atoms with Crippen molar-refractivity contribution in [1.82, 2.24) is 0 Å². The van der Waals surface area contributed by atoms with Crippen molar-refractivity contribution >= 4 is 25.8 Å². The first-order valence-electron chi connectivity index (χ1n) is 6.91. The lowest BCUT2D eigenvalue weighted by Gasteiger charge is -2.25. The van der Waals surface area contributed by atoms with Crippen LogP contribution in [0.1, 0.15) is 43.6 Å². The van der Waals surface area contributed by atoms with Crippen molar-refractivity contribution in [2.45, 2.75) is 45.9 Å². The van der Waals surface area contributed by atoms with Gasteiger partial charge in [0.1, 0.15) is 11.8 Å². The summed E-state index contributed by atoms with van der Waals surface area (Å²) in [7, 11) is -1.22. The minimum Gasteiger partial charge on any atom is -0.464 e. The van der Waals surface area contributed by atoms with Gasteiger partial charge in [-0.1, -0.05) is 32.9 Å². The molecule has 1 atom stereocenters. The summed E-state index contributed by atoms with van der Waals surface area (Å²) in [6.45, 7) is 11.0. The third-order valence-electron chi connectivity index (χ3n) is 3.74. The monoisotopic (exact) mass is 290 g/mol. The number of carbonyl (C=O) groups excluding carboxylic acids is 1. The Hall–Kier alpha value is -1.39. The van der Waals surface area contributed by atoms with E-state index in [1.54, 1.807) is 6.92 Å². The molecule has 1 heterocycles. The number of hydrogen-bond donors (Lipinski definition) is 0. The zero-order valence-electron chi connectivity index (χ0n) is 12.8. The minimum atomic E-state index is -1.22. The molecule has 0 N–H and O–H groups in total. The normalized spacial score (nSPS) is 13.7. The van der Waals surface area contributed by atoms with Crippen LogP contribution in [0.5, 0.6) is 0 Å². The van der Waals surface area contributed by atoms with Crippen LogP contribution < -0.4 is 0 Å². The molecule has 2 rings (SSSR count). The fourth-order valence-electron chi connectivity index (χ4n) is 1.91. The van der Waals surface area contributed by atoms with E-state index in [-0.39, 0.29) is 10.8 Å². The van der Waals surface area contributed by atoms with Crippen LogP contribution >= 0.6 is 0 Å². The SMILES string of the molecule is CC(=O)c1coc2cc(CO[SiH](C)C(C)(C)C)ccc12. The molecule has 20 heavy (non-hydrogen) atoms. The smallest absolute Gasteiger partial charge is 0.179 e. The number of hydrogen-bond acceptors (Lipinski definition) is 3. The van der Waals surface area contributed by atoms with Crippen molar-refractivity contribution in [3.05, 3.63) is 35.6 Å². The Morgan fingerprint density at radius 3 is 2.65 bits per heavy atom. The molecule has 0 aliphatic heterocycles. The molecule has 0 saturated carbocycles. The zero-order valence-corrected chi connectivity index (χ0v) is 14.0. The van der Waals surface area contributed by atoms with Crippen LogP contribution in [0.3, 0.4) is 0 Å². The average Bonchev–Trinajstić information content (AvgIpc) is 2.77. The standard InChI is InChI=1S/C16H22O3Si/c1-11(17)14-10-18-15-8-12(6-7-13(14)15)9-19-20(5)16(2,3)4/h6-8,10,20H,9H2,1-5H3. The number of benzene rings is 1. The van der Waals surface area contributed by atoms with Crippen LogP contribution in [-0.2, 0) is 11.0 Å². The Bertz CT molecular complexity index is 622. The highest BCUT2D eigenvalue weighted by molar-refractivity contribution is 6.53. The molecule has 0 aliphatic rings. The molecule has 1 aromatic heterocycles. The first-order chi connectivity index (χ1) is 9.29. The van der Waals surface area contributed by atoms with Crippen LogP contribution in [0.2, 0.25) is 11.6 Å². The Labute approximate surface area is 121 Å². The van der Waals surface area contributed by atoms with E-state index in [9.17, 15) is 4.79 Å². The van der Waals surface area contributed by atoms with Crippen LogP contribution in [-0.4, -0.2) is 14.8 Å². The third-order valence-corrected chi connectivity index (χ3v) is 6.84. The molecule has 2 aromatic rings. The van der Waals surface area contributed by atoms with Crippen molar-refractivity contribution in [1.29, 1.82) is 0 Å². The van der Waals surface area contributed by atoms with E-state index in [2.05, 4.69) is 27.3 Å².